The summed E-state index contributed by atoms with van der Waals surface area (Å²) in [5.41, 5.74) is 4.70. The quantitative estimate of drug-likeness (QED) is 0.540. The summed E-state index contributed by atoms with van der Waals surface area (Å²) in [7, 11) is 0. The highest BCUT2D eigenvalue weighted by Crippen LogP contribution is 2.09. The van der Waals surface area contributed by atoms with Crippen LogP contribution in [-0.2, 0) is 0 Å². The second-order valence-corrected chi connectivity index (χ2v) is 1.86. The molecule has 0 aliphatic rings. The Labute approximate surface area is 55.7 Å². The monoisotopic (exact) mass is 145 g/mol. The zero-order chi connectivity index (χ0) is 6.85. The number of rotatable bonds is 0. The Morgan fingerprint density at radius 1 is 1.78 bits per heavy atom. The van der Waals surface area contributed by atoms with Gasteiger partial charge in [0.05, 0.1) is 11.2 Å². The number of halogens is 1. The van der Waals surface area contributed by atoms with E-state index in [2.05, 4.69) is 9.97 Å². The fourth-order valence-corrected chi connectivity index (χ4v) is 0.488. The van der Waals surface area contributed by atoms with Gasteiger partial charge in [-0.15, -0.1) is 0 Å². The normalized spacial score (nSPS) is 9.44. The van der Waals surface area contributed by atoms with Crippen molar-refractivity contribution in [3.63, 3.8) is 0 Å². The molecule has 0 aliphatic heterocycles. The van der Waals surface area contributed by atoms with Gasteiger partial charge in [0.2, 0.25) is 0 Å². The van der Waals surface area contributed by atoms with Crippen LogP contribution in [0.3, 0.4) is 0 Å². The molecule has 0 fully saturated rings. The predicted octanol–water partition coefficient (Wildman–Crippen LogP) is 0.00550. The number of anilines is 1. The zero-order valence-electron chi connectivity index (χ0n) is 4.39. The van der Waals surface area contributed by atoms with Gasteiger partial charge in [0.15, 0.2) is 0 Å². The molecule has 0 spiro atoms. The van der Waals surface area contributed by atoms with Crippen LogP contribution >= 0.6 is 11.6 Å². The average Bonchev–Trinajstić information content (AvgIpc) is 1.80. The largest absolute Gasteiger partial charge is 0.384 e. The van der Waals surface area contributed by atoms with Crippen molar-refractivity contribution in [2.24, 2.45) is 0 Å². The van der Waals surface area contributed by atoms with Crippen LogP contribution in [0.2, 0.25) is 5.02 Å². The molecule has 9 heavy (non-hydrogen) atoms. The summed E-state index contributed by atoms with van der Waals surface area (Å²) in [5, 5.41) is 0.259. The van der Waals surface area contributed by atoms with Crippen molar-refractivity contribution < 1.29 is 0 Å². The van der Waals surface area contributed by atoms with Crippen molar-refractivity contribution >= 4 is 17.4 Å². The molecule has 4 nitrogen and oxygen atoms in total. The van der Waals surface area contributed by atoms with Gasteiger partial charge in [-0.05, 0) is 0 Å². The molecule has 0 radical (unpaired) electrons. The van der Waals surface area contributed by atoms with Gasteiger partial charge in [-0.2, -0.15) is 0 Å². The minimum Gasteiger partial charge on any atom is -0.384 e. The van der Waals surface area contributed by atoms with Gasteiger partial charge < -0.3 is 5.73 Å². The van der Waals surface area contributed by atoms with Crippen molar-refractivity contribution in [2.75, 3.05) is 5.73 Å². The number of aromatic amines is 1. The van der Waals surface area contributed by atoms with Crippen LogP contribution in [0.5, 0.6) is 0 Å². The van der Waals surface area contributed by atoms with Crippen molar-refractivity contribution in [1.29, 1.82) is 0 Å². The third-order valence-corrected chi connectivity index (χ3v) is 1.10. The first kappa shape index (κ1) is 6.10. The SMILES string of the molecule is Nc1[nH]c(=O)ncc1Cl. The van der Waals surface area contributed by atoms with Gasteiger partial charge in [0, 0.05) is 0 Å². The standard InChI is InChI=1S/C4H4ClN3O/c5-2-1-7-4(9)8-3(2)6/h1H,(H3,6,7,8,9). The van der Waals surface area contributed by atoms with E-state index in [1.54, 1.807) is 0 Å². The minimum absolute atomic E-state index is 0.150. The summed E-state index contributed by atoms with van der Waals surface area (Å²) in [5.74, 6) is 0.150. The summed E-state index contributed by atoms with van der Waals surface area (Å²) < 4.78 is 0. The van der Waals surface area contributed by atoms with Gasteiger partial charge in [-0.25, -0.2) is 9.78 Å². The van der Waals surface area contributed by atoms with E-state index in [1.165, 1.54) is 6.20 Å². The molecular weight excluding hydrogens is 142 g/mol. The van der Waals surface area contributed by atoms with E-state index in [9.17, 15) is 4.79 Å². The lowest BCUT2D eigenvalue weighted by Gasteiger charge is -1.91. The second kappa shape index (κ2) is 2.06. The molecule has 1 aromatic heterocycles. The molecule has 1 rings (SSSR count). The Bertz CT molecular complexity index is 269. The molecule has 0 aromatic carbocycles. The van der Waals surface area contributed by atoms with Crippen LogP contribution in [0.1, 0.15) is 0 Å². The topological polar surface area (TPSA) is 71.8 Å². The van der Waals surface area contributed by atoms with Gasteiger partial charge in [0.25, 0.3) is 0 Å². The molecule has 0 saturated carbocycles. The van der Waals surface area contributed by atoms with Gasteiger partial charge >= 0.3 is 5.69 Å². The summed E-state index contributed by atoms with van der Waals surface area (Å²) in [6, 6.07) is 0. The third-order valence-electron chi connectivity index (χ3n) is 0.794. The van der Waals surface area contributed by atoms with Crippen LogP contribution in [0.4, 0.5) is 5.82 Å². The minimum atomic E-state index is -0.489. The maximum absolute atomic E-state index is 10.3. The second-order valence-electron chi connectivity index (χ2n) is 1.45. The molecule has 0 bridgehead atoms. The van der Waals surface area contributed by atoms with E-state index in [0.29, 0.717) is 0 Å². The highest BCUT2D eigenvalue weighted by atomic mass is 35.5. The fraction of sp³-hybridized carbons (Fsp3) is 0. The Morgan fingerprint density at radius 3 is 2.89 bits per heavy atom. The Balaban J connectivity index is 3.34. The zero-order valence-corrected chi connectivity index (χ0v) is 5.14. The van der Waals surface area contributed by atoms with Crippen molar-refractivity contribution in [3.8, 4) is 0 Å². The van der Waals surface area contributed by atoms with Crippen LogP contribution in [-0.4, -0.2) is 9.97 Å². The van der Waals surface area contributed by atoms with E-state index < -0.39 is 5.69 Å². The van der Waals surface area contributed by atoms with Gasteiger partial charge in [-0.1, -0.05) is 11.6 Å². The molecule has 3 N–H and O–H groups in total. The summed E-state index contributed by atoms with van der Waals surface area (Å²) in [6.45, 7) is 0. The summed E-state index contributed by atoms with van der Waals surface area (Å²) >= 11 is 5.42. The Morgan fingerprint density at radius 2 is 2.44 bits per heavy atom. The van der Waals surface area contributed by atoms with E-state index in [-0.39, 0.29) is 10.8 Å². The van der Waals surface area contributed by atoms with Crippen LogP contribution < -0.4 is 11.4 Å². The number of hydrogen-bond acceptors (Lipinski definition) is 3. The number of aromatic nitrogens is 2. The van der Waals surface area contributed by atoms with E-state index in [4.69, 9.17) is 17.3 Å². The summed E-state index contributed by atoms with van der Waals surface area (Å²) in [4.78, 5) is 15.9. The molecule has 0 amide bonds. The molecule has 0 aliphatic carbocycles. The first-order valence-electron chi connectivity index (χ1n) is 2.20. The van der Waals surface area contributed by atoms with Crippen molar-refractivity contribution in [2.45, 2.75) is 0 Å². The third kappa shape index (κ3) is 1.20. The first-order chi connectivity index (χ1) is 4.20. The lowest BCUT2D eigenvalue weighted by atomic mass is 10.6. The lowest BCUT2D eigenvalue weighted by molar-refractivity contribution is 1.08. The molecule has 1 heterocycles. The average molecular weight is 146 g/mol. The van der Waals surface area contributed by atoms with E-state index in [0.717, 1.165) is 0 Å². The first-order valence-corrected chi connectivity index (χ1v) is 2.58. The molecular formula is C4H4ClN3O. The summed E-state index contributed by atoms with van der Waals surface area (Å²) in [6.07, 6.45) is 1.20. The number of hydrogen-bond donors (Lipinski definition) is 2. The molecule has 0 saturated heterocycles. The van der Waals surface area contributed by atoms with Crippen LogP contribution in [0, 0.1) is 0 Å². The highest BCUT2D eigenvalue weighted by Gasteiger charge is 1.93. The molecule has 1 aromatic rings. The smallest absolute Gasteiger partial charge is 0.346 e. The van der Waals surface area contributed by atoms with Crippen molar-refractivity contribution in [1.82, 2.24) is 9.97 Å². The molecule has 5 heteroatoms. The highest BCUT2D eigenvalue weighted by molar-refractivity contribution is 6.32. The maximum atomic E-state index is 10.3. The van der Waals surface area contributed by atoms with Crippen LogP contribution in [0.25, 0.3) is 0 Å². The maximum Gasteiger partial charge on any atom is 0.346 e. The number of H-pyrrole nitrogens is 1. The van der Waals surface area contributed by atoms with Gasteiger partial charge in [-0.3, -0.25) is 4.98 Å². The Hall–Kier alpha value is -1.03. The number of nitrogens with two attached hydrogens (primary N) is 1. The number of nitrogen functional groups attached to an aromatic ring is 1. The van der Waals surface area contributed by atoms with Crippen molar-refractivity contribution in [3.05, 3.63) is 21.7 Å². The van der Waals surface area contributed by atoms with Crippen LogP contribution in [0.15, 0.2) is 11.0 Å². The predicted molar refractivity (Wildman–Crippen MR) is 34.3 cm³/mol. The number of nitrogens with one attached hydrogen (secondary N) is 1. The number of nitrogens with zero attached hydrogens (tertiary/aromatic N) is 1. The van der Waals surface area contributed by atoms with Gasteiger partial charge in [0.1, 0.15) is 5.82 Å². The van der Waals surface area contributed by atoms with E-state index in [1.807, 2.05) is 0 Å². The molecule has 0 atom stereocenters. The van der Waals surface area contributed by atoms with E-state index >= 15 is 0 Å². The fourth-order valence-electron chi connectivity index (χ4n) is 0.392. The Kier molecular flexibility index (Phi) is 1.40. The molecule has 0 unspecified atom stereocenters. The molecule has 48 valence electrons. The lowest BCUT2D eigenvalue weighted by Crippen LogP contribution is -2.11.